The van der Waals surface area contributed by atoms with Crippen molar-refractivity contribution >= 4 is 0 Å². The Morgan fingerprint density at radius 2 is 0.526 bits per heavy atom. The highest BCUT2D eigenvalue weighted by atomic mass is 35.7. The number of ether oxygens (including phenoxy) is 2. The average Bonchev–Trinajstić information content (AvgIpc) is 3.46. The molecule has 10 rings (SSSR count). The topological polar surface area (TPSA) is 211 Å². The summed E-state index contributed by atoms with van der Waals surface area (Å²) >= 11 is 0. The van der Waals surface area contributed by atoms with Crippen LogP contribution < -0.4 is 55.9 Å². The molecule has 382 valence electrons. The highest BCUT2D eigenvalue weighted by Crippen LogP contribution is 2.45. The van der Waals surface area contributed by atoms with E-state index in [4.69, 9.17) is 46.7 Å². The Balaban J connectivity index is 0.000000702. The highest BCUT2D eigenvalue weighted by Gasteiger charge is 2.21. The van der Waals surface area contributed by atoms with Crippen LogP contribution in [0.4, 0.5) is 0 Å². The molecule has 0 unspecified atom stereocenters. The van der Waals surface area contributed by atoms with Crippen LogP contribution in [-0.4, -0.2) is 14.2 Å². The fourth-order valence-corrected chi connectivity index (χ4v) is 8.97. The number of pyridine rings is 2. The van der Waals surface area contributed by atoms with Crippen LogP contribution in [0.2, 0.25) is 0 Å². The van der Waals surface area contributed by atoms with Gasteiger partial charge < -0.3 is 9.47 Å². The van der Waals surface area contributed by atoms with Crippen LogP contribution in [0.15, 0.2) is 243 Å². The Bertz CT molecular complexity index is 3070. The highest BCUT2D eigenvalue weighted by molar-refractivity contribution is 5.99. The molecule has 0 radical (unpaired) electrons. The van der Waals surface area contributed by atoms with Gasteiger partial charge in [-0.3, -0.25) is 0 Å². The molecule has 76 heavy (non-hydrogen) atoms. The third-order valence-corrected chi connectivity index (χ3v) is 12.4. The first kappa shape index (κ1) is 54.2. The average molecular weight is 1050 g/mol. The summed E-state index contributed by atoms with van der Waals surface area (Å²) in [6.45, 7) is 1.64. The van der Waals surface area contributed by atoms with Crippen molar-refractivity contribution in [3.63, 3.8) is 0 Å². The van der Waals surface area contributed by atoms with Gasteiger partial charge in [-0.15, -0.1) is 20.5 Å². The van der Waals surface area contributed by atoms with Crippen molar-refractivity contribution in [1.29, 1.82) is 0 Å². The summed E-state index contributed by atoms with van der Waals surface area (Å²) in [6.07, 6.45) is 8.86. The van der Waals surface area contributed by atoms with Crippen LogP contribution in [0.3, 0.4) is 0 Å². The molecule has 0 aliphatic rings. The summed E-state index contributed by atoms with van der Waals surface area (Å²) in [4.78, 5) is 0. The second kappa shape index (κ2) is 25.0. The lowest BCUT2D eigenvalue weighted by Gasteiger charge is -2.19. The van der Waals surface area contributed by atoms with Gasteiger partial charge in [-0.05, 0) is 138 Å². The zero-order valence-electron chi connectivity index (χ0n) is 41.2. The SMILES string of the molecule is COc1ccc(-c2cc(-c3ccccc3)c(-c3cc[n+](CC[n+]4ccc(-c5c(-c6ccccc6)cc(-c6ccc(OC)cc6)cc5-c5ccccc5)cc4)cc3)c(-c3ccccc3)c2)cc1.[O-][Cl+3]([O-])([O-])[O-].[O-][Cl+3]([O-])([O-])[O-]. The minimum Gasteiger partial charge on any atom is -0.497 e. The van der Waals surface area contributed by atoms with Crippen LogP contribution in [-0.2, 0) is 13.1 Å². The quantitative estimate of drug-likeness (QED) is 0.144. The number of aryl methyl sites for hydroxylation is 2. The largest absolute Gasteiger partial charge is 0.497 e. The van der Waals surface area contributed by atoms with E-state index in [0.29, 0.717) is 0 Å². The molecule has 0 bridgehead atoms. The number of aromatic nitrogens is 2. The van der Waals surface area contributed by atoms with Crippen molar-refractivity contribution < 1.29 is 76.4 Å². The minimum absolute atomic E-state index is 0.818. The molecule has 0 saturated heterocycles. The Kier molecular flexibility index (Phi) is 17.8. The van der Waals surface area contributed by atoms with Gasteiger partial charge in [0.25, 0.3) is 0 Å². The molecule has 8 aromatic carbocycles. The molecule has 14 heteroatoms. The van der Waals surface area contributed by atoms with Crippen LogP contribution in [0, 0.1) is 20.5 Å². The minimum atomic E-state index is -4.94. The van der Waals surface area contributed by atoms with Crippen molar-refractivity contribution in [3.05, 3.63) is 243 Å². The number of benzene rings is 8. The number of rotatable bonds is 13. The van der Waals surface area contributed by atoms with Crippen LogP contribution in [0.5, 0.6) is 11.5 Å². The first-order chi connectivity index (χ1) is 36.6. The van der Waals surface area contributed by atoms with E-state index in [2.05, 4.69) is 228 Å². The molecule has 0 aliphatic carbocycles. The van der Waals surface area contributed by atoms with E-state index in [0.717, 1.165) is 46.8 Å². The van der Waals surface area contributed by atoms with Gasteiger partial charge in [-0.25, -0.2) is 37.3 Å². The molecule has 0 aliphatic heterocycles. The molecule has 0 saturated carbocycles. The van der Waals surface area contributed by atoms with Crippen molar-refractivity contribution in [1.82, 2.24) is 0 Å². The molecular weight excluding hydrogens is 1000 g/mol. The number of hydrogen-bond acceptors (Lipinski definition) is 10. The summed E-state index contributed by atoms with van der Waals surface area (Å²) < 4.78 is 83.5. The van der Waals surface area contributed by atoms with Gasteiger partial charge in [0, 0.05) is 24.3 Å². The van der Waals surface area contributed by atoms with Crippen molar-refractivity contribution in [3.8, 4) is 101 Å². The van der Waals surface area contributed by atoms with E-state index in [-0.39, 0.29) is 0 Å². The molecule has 12 nitrogen and oxygen atoms in total. The van der Waals surface area contributed by atoms with Gasteiger partial charge in [-0.2, -0.15) is 9.13 Å². The van der Waals surface area contributed by atoms with Crippen LogP contribution in [0.1, 0.15) is 0 Å². The Morgan fingerprint density at radius 1 is 0.289 bits per heavy atom. The predicted molar refractivity (Wildman–Crippen MR) is 270 cm³/mol. The van der Waals surface area contributed by atoms with Crippen LogP contribution in [0.25, 0.3) is 89.0 Å². The van der Waals surface area contributed by atoms with Gasteiger partial charge in [-0.1, -0.05) is 146 Å². The number of halogens is 2. The lowest BCUT2D eigenvalue weighted by molar-refractivity contribution is -2.00. The second-order valence-electron chi connectivity index (χ2n) is 17.2. The smallest absolute Gasteiger partial charge is 0.206 e. The Morgan fingerprint density at radius 3 is 0.750 bits per heavy atom. The second-order valence-corrected chi connectivity index (χ2v) is 18.7. The summed E-state index contributed by atoms with van der Waals surface area (Å²) in [5.41, 5.74) is 18.8. The molecule has 2 aromatic heterocycles. The summed E-state index contributed by atoms with van der Waals surface area (Å²) in [7, 11) is -6.47. The van der Waals surface area contributed by atoms with Crippen LogP contribution >= 0.6 is 0 Å². The molecule has 10 aromatic rings. The Hall–Kier alpha value is -8.08. The zero-order valence-corrected chi connectivity index (χ0v) is 42.8. The summed E-state index contributed by atoms with van der Waals surface area (Å²) in [5, 5.41) is 0. The van der Waals surface area contributed by atoms with Crippen molar-refractivity contribution in [2.75, 3.05) is 14.2 Å². The van der Waals surface area contributed by atoms with E-state index < -0.39 is 20.5 Å². The monoisotopic (exact) mass is 1050 g/mol. The van der Waals surface area contributed by atoms with Crippen molar-refractivity contribution in [2.45, 2.75) is 13.1 Å². The molecule has 0 N–H and O–H groups in total. The number of methoxy groups -OCH3 is 2. The van der Waals surface area contributed by atoms with Gasteiger partial charge in [0.15, 0.2) is 24.8 Å². The molecule has 0 spiro atoms. The maximum absolute atomic E-state index is 8.49. The fraction of sp³-hybridized carbons (Fsp3) is 0.0645. The first-order valence-corrected chi connectivity index (χ1v) is 26.2. The van der Waals surface area contributed by atoms with Gasteiger partial charge in [0.1, 0.15) is 11.5 Å². The molecule has 0 atom stereocenters. The van der Waals surface area contributed by atoms with Gasteiger partial charge in [0.05, 0.1) is 14.2 Å². The molecular formula is C62H50Cl2N2O10. The molecule has 0 fully saturated rings. The summed E-state index contributed by atoms with van der Waals surface area (Å²) in [6, 6.07) is 78.0. The molecule has 2 heterocycles. The Labute approximate surface area is 445 Å². The zero-order chi connectivity index (χ0) is 53.7. The molecule has 0 amide bonds. The lowest BCUT2D eigenvalue weighted by Crippen LogP contribution is -2.68. The van der Waals surface area contributed by atoms with E-state index in [9.17, 15) is 0 Å². The first-order valence-electron chi connectivity index (χ1n) is 23.7. The predicted octanol–water partition coefficient (Wildman–Crippen LogP) is 4.80. The van der Waals surface area contributed by atoms with E-state index >= 15 is 0 Å². The van der Waals surface area contributed by atoms with E-state index in [1.807, 2.05) is 24.3 Å². The number of nitrogens with zero attached hydrogens (tertiary/aromatic N) is 2. The fourth-order valence-electron chi connectivity index (χ4n) is 8.97. The maximum atomic E-state index is 8.49. The van der Waals surface area contributed by atoms with Gasteiger partial charge >= 0.3 is 0 Å². The van der Waals surface area contributed by atoms with Gasteiger partial charge in [0.2, 0.25) is 13.1 Å². The van der Waals surface area contributed by atoms with E-state index in [1.54, 1.807) is 14.2 Å². The standard InChI is InChI=1S/C62H50N2O2.2ClHO4/c1-65-55-27-23-45(24-28-55)53-41-57(47-15-7-3-8-16-47)61(58(42-53)48-17-9-4-10-18-48)51-31-35-63(36-32-51)39-40-64-37-33-52(34-38-64)62-59(49-19-11-5-12-20-49)43-54(46-25-29-56(66-2)30-26-46)44-60(62)50-21-13-6-14-22-50;2*2-1(3,4)5/h3-38,41-44H,39-40H2,1-2H3;2*(H,2,3,4,5)/q+2;;/p-2. The number of hydrogen-bond donors (Lipinski definition) is 0. The third kappa shape index (κ3) is 14.8. The lowest BCUT2D eigenvalue weighted by atomic mass is 9.85. The maximum Gasteiger partial charge on any atom is 0.206 e. The van der Waals surface area contributed by atoms with Crippen molar-refractivity contribution in [2.24, 2.45) is 0 Å². The normalized spacial score (nSPS) is 11.1. The van der Waals surface area contributed by atoms with E-state index in [1.165, 1.54) is 66.8 Å². The third-order valence-electron chi connectivity index (χ3n) is 12.4. The summed E-state index contributed by atoms with van der Waals surface area (Å²) in [5.74, 6) is 1.69.